The number of esters is 1. The monoisotopic (exact) mass is 525 g/mol. The number of alkyl halides is 3. The van der Waals surface area contributed by atoms with Crippen molar-refractivity contribution in [3.05, 3.63) is 12.7 Å². The van der Waals surface area contributed by atoms with Gasteiger partial charge in [0.2, 0.25) is 9.70 Å². The molecule has 0 aromatic heterocycles. The lowest BCUT2D eigenvalue weighted by Gasteiger charge is -2.34. The van der Waals surface area contributed by atoms with Gasteiger partial charge in [-0.3, -0.25) is 24.4 Å². The average Bonchev–Trinajstić information content (AvgIpc) is 2.74. The summed E-state index contributed by atoms with van der Waals surface area (Å²) in [5, 5.41) is 4.22. The summed E-state index contributed by atoms with van der Waals surface area (Å²) >= 11 is 16.8. The van der Waals surface area contributed by atoms with E-state index in [2.05, 4.69) is 22.3 Å². The predicted octanol–water partition coefficient (Wildman–Crippen LogP) is 2.49. The standard InChI is InChI=1S/C21H34Cl3N5O4/c1-6-8-13(4)18(30)27-16(12(2)3)17(25)26-14(5)19(31)29-10-7-9-15(28-29)20(32)33-11-21(22,23)24/h6,12-16,28H,1,7-11H2,2-5H3,(H2,25,26)(H,27,30)/t13?,14?,15-,16?/m0/s1. The van der Waals surface area contributed by atoms with Crippen LogP contribution in [0.4, 0.5) is 0 Å². The van der Waals surface area contributed by atoms with Crippen LogP contribution in [0.25, 0.3) is 0 Å². The molecule has 0 aromatic carbocycles. The zero-order valence-electron chi connectivity index (χ0n) is 19.4. The van der Waals surface area contributed by atoms with E-state index >= 15 is 0 Å². The van der Waals surface area contributed by atoms with E-state index in [9.17, 15) is 14.4 Å². The number of rotatable bonds is 10. The first kappa shape index (κ1) is 29.5. The maximum Gasteiger partial charge on any atom is 0.325 e. The van der Waals surface area contributed by atoms with Crippen LogP contribution in [0, 0.1) is 11.8 Å². The highest BCUT2D eigenvalue weighted by molar-refractivity contribution is 6.67. The highest BCUT2D eigenvalue weighted by atomic mass is 35.6. The van der Waals surface area contributed by atoms with Gasteiger partial charge in [0.25, 0.3) is 5.91 Å². The van der Waals surface area contributed by atoms with Gasteiger partial charge in [-0.15, -0.1) is 6.58 Å². The molecule has 33 heavy (non-hydrogen) atoms. The molecule has 1 saturated heterocycles. The molecule has 188 valence electrons. The molecule has 1 heterocycles. The summed E-state index contributed by atoms with van der Waals surface area (Å²) < 4.78 is 3.29. The van der Waals surface area contributed by atoms with Crippen molar-refractivity contribution < 1.29 is 19.1 Å². The van der Waals surface area contributed by atoms with Crippen molar-refractivity contribution >= 4 is 58.4 Å². The van der Waals surface area contributed by atoms with Crippen LogP contribution < -0.4 is 16.5 Å². The maximum absolute atomic E-state index is 12.9. The van der Waals surface area contributed by atoms with E-state index in [0.29, 0.717) is 25.8 Å². The van der Waals surface area contributed by atoms with E-state index in [0.717, 1.165) is 0 Å². The van der Waals surface area contributed by atoms with Crippen LogP contribution in [0.2, 0.25) is 0 Å². The zero-order valence-corrected chi connectivity index (χ0v) is 21.7. The van der Waals surface area contributed by atoms with Crippen molar-refractivity contribution in [2.24, 2.45) is 22.6 Å². The molecule has 0 bridgehead atoms. The molecule has 2 amide bonds. The minimum atomic E-state index is -1.72. The van der Waals surface area contributed by atoms with Crippen LogP contribution >= 0.6 is 34.8 Å². The number of amidine groups is 1. The molecule has 3 unspecified atom stereocenters. The van der Waals surface area contributed by atoms with Gasteiger partial charge in [0.15, 0.2) is 0 Å². The summed E-state index contributed by atoms with van der Waals surface area (Å²) in [6.07, 6.45) is 3.25. The first-order chi connectivity index (χ1) is 15.3. The smallest absolute Gasteiger partial charge is 0.325 e. The number of hydrogen-bond acceptors (Lipinski definition) is 6. The molecule has 0 saturated carbocycles. The fraction of sp³-hybridized carbons (Fsp3) is 0.714. The SMILES string of the molecule is C=CCC(C)C(=O)NC(C(N)=NC(C)C(=O)N1CCC[C@@H](C(=O)OCC(Cl)(Cl)Cl)N1)C(C)C. The number of amides is 2. The second-order valence-electron chi connectivity index (χ2n) is 8.42. The normalized spacial score (nSPS) is 20.1. The molecule has 0 spiro atoms. The first-order valence-corrected chi connectivity index (χ1v) is 12.0. The topological polar surface area (TPSA) is 126 Å². The Kier molecular flexibility index (Phi) is 11.9. The number of carbonyl (C=O) groups excluding carboxylic acids is 3. The Labute approximate surface area is 210 Å². The summed E-state index contributed by atoms with van der Waals surface area (Å²) in [5.74, 6) is -1.30. The molecule has 0 radical (unpaired) electrons. The fourth-order valence-corrected chi connectivity index (χ4v) is 3.35. The molecule has 1 rings (SSSR count). The molecule has 0 aliphatic carbocycles. The summed E-state index contributed by atoms with van der Waals surface area (Å²) in [6, 6.07) is -2.12. The lowest BCUT2D eigenvalue weighted by molar-refractivity contribution is -0.152. The summed E-state index contributed by atoms with van der Waals surface area (Å²) in [6.45, 7) is 10.8. The lowest BCUT2D eigenvalue weighted by Crippen LogP contribution is -2.57. The van der Waals surface area contributed by atoms with Gasteiger partial charge in [-0.2, -0.15) is 0 Å². The fourth-order valence-electron chi connectivity index (χ4n) is 3.19. The largest absolute Gasteiger partial charge is 0.460 e. The molecule has 12 heteroatoms. The lowest BCUT2D eigenvalue weighted by atomic mass is 10.0. The van der Waals surface area contributed by atoms with Gasteiger partial charge in [0.05, 0.1) is 6.04 Å². The molecule has 1 aliphatic rings. The van der Waals surface area contributed by atoms with Crippen molar-refractivity contribution in [2.45, 2.75) is 68.9 Å². The third-order valence-electron chi connectivity index (χ3n) is 5.07. The van der Waals surface area contributed by atoms with E-state index < -0.39 is 34.5 Å². The highest BCUT2D eigenvalue weighted by Crippen LogP contribution is 2.26. The van der Waals surface area contributed by atoms with Gasteiger partial charge < -0.3 is 15.8 Å². The molecule has 1 aliphatic heterocycles. The number of halogens is 3. The molecular formula is C21H34Cl3N5O4. The van der Waals surface area contributed by atoms with E-state index in [1.54, 1.807) is 19.9 Å². The van der Waals surface area contributed by atoms with Crippen molar-refractivity contribution in [1.29, 1.82) is 0 Å². The Balaban J connectivity index is 2.81. The van der Waals surface area contributed by atoms with E-state index in [4.69, 9.17) is 45.3 Å². The van der Waals surface area contributed by atoms with Crippen molar-refractivity contribution in [1.82, 2.24) is 15.8 Å². The van der Waals surface area contributed by atoms with E-state index in [-0.39, 0.29) is 29.5 Å². The number of ether oxygens (including phenoxy) is 1. The highest BCUT2D eigenvalue weighted by Gasteiger charge is 2.33. The maximum atomic E-state index is 12.9. The number of hydrogen-bond donors (Lipinski definition) is 3. The van der Waals surface area contributed by atoms with Gasteiger partial charge in [-0.1, -0.05) is 61.7 Å². The van der Waals surface area contributed by atoms with Crippen LogP contribution in [0.5, 0.6) is 0 Å². The summed E-state index contributed by atoms with van der Waals surface area (Å²) in [4.78, 5) is 41.9. The molecule has 0 aromatic rings. The van der Waals surface area contributed by atoms with Crippen LogP contribution in [-0.4, -0.2) is 63.7 Å². The average molecular weight is 527 g/mol. The first-order valence-electron chi connectivity index (χ1n) is 10.8. The van der Waals surface area contributed by atoms with Crippen LogP contribution in [0.15, 0.2) is 17.6 Å². The number of carbonyl (C=O) groups is 3. The van der Waals surface area contributed by atoms with Crippen LogP contribution in [0.1, 0.15) is 47.0 Å². The van der Waals surface area contributed by atoms with Gasteiger partial charge in [-0.25, -0.2) is 5.43 Å². The zero-order chi connectivity index (χ0) is 25.3. The Morgan fingerprint density at radius 2 is 1.94 bits per heavy atom. The van der Waals surface area contributed by atoms with Crippen molar-refractivity contribution in [3.8, 4) is 0 Å². The third-order valence-corrected chi connectivity index (χ3v) is 5.39. The second-order valence-corrected chi connectivity index (χ2v) is 10.9. The predicted molar refractivity (Wildman–Crippen MR) is 131 cm³/mol. The number of nitrogens with one attached hydrogen (secondary N) is 2. The third kappa shape index (κ3) is 10.1. The van der Waals surface area contributed by atoms with Gasteiger partial charge in [0.1, 0.15) is 24.5 Å². The van der Waals surface area contributed by atoms with E-state index in [1.165, 1.54) is 5.01 Å². The Hall–Kier alpha value is -1.55. The number of nitrogens with zero attached hydrogens (tertiary/aromatic N) is 2. The molecular weight excluding hydrogens is 493 g/mol. The minimum absolute atomic E-state index is 0.0406. The molecule has 4 N–H and O–H groups in total. The Bertz CT molecular complexity index is 742. The molecule has 1 fully saturated rings. The molecule has 9 nitrogen and oxygen atoms in total. The molecule has 4 atom stereocenters. The van der Waals surface area contributed by atoms with Gasteiger partial charge >= 0.3 is 5.97 Å². The van der Waals surface area contributed by atoms with Crippen LogP contribution in [-0.2, 0) is 19.1 Å². The summed E-state index contributed by atoms with van der Waals surface area (Å²) in [5.41, 5.74) is 9.03. The number of aliphatic imine (C=N–C) groups is 1. The Morgan fingerprint density at radius 3 is 2.48 bits per heavy atom. The number of hydrazine groups is 1. The Morgan fingerprint density at radius 1 is 1.30 bits per heavy atom. The second kappa shape index (κ2) is 13.4. The van der Waals surface area contributed by atoms with Crippen molar-refractivity contribution in [3.63, 3.8) is 0 Å². The minimum Gasteiger partial charge on any atom is -0.460 e. The number of nitrogens with two attached hydrogens (primary N) is 1. The number of allylic oxidation sites excluding steroid dienone is 1. The summed E-state index contributed by atoms with van der Waals surface area (Å²) in [7, 11) is 0. The quantitative estimate of drug-likeness (QED) is 0.132. The van der Waals surface area contributed by atoms with Crippen molar-refractivity contribution in [2.75, 3.05) is 13.2 Å². The van der Waals surface area contributed by atoms with Gasteiger partial charge in [-0.05, 0) is 32.1 Å². The van der Waals surface area contributed by atoms with E-state index in [1.807, 2.05) is 13.8 Å². The van der Waals surface area contributed by atoms with Crippen LogP contribution in [0.3, 0.4) is 0 Å². The van der Waals surface area contributed by atoms with Gasteiger partial charge in [0, 0.05) is 12.5 Å².